The van der Waals surface area contributed by atoms with Gasteiger partial charge in [-0.25, -0.2) is 0 Å². The average molecular weight is 290 g/mol. The minimum absolute atomic E-state index is 0.0289. The average Bonchev–Trinajstić information content (AvgIpc) is 2.47. The summed E-state index contributed by atoms with van der Waals surface area (Å²) >= 11 is 0. The van der Waals surface area contributed by atoms with Gasteiger partial charge in [0, 0.05) is 19.6 Å². The van der Waals surface area contributed by atoms with Crippen LogP contribution in [0.15, 0.2) is 30.3 Å². The Morgan fingerprint density at radius 3 is 2.43 bits per heavy atom. The number of nitrogens with one attached hydrogen (secondary N) is 1. The summed E-state index contributed by atoms with van der Waals surface area (Å²) in [6.45, 7) is 7.12. The van der Waals surface area contributed by atoms with Gasteiger partial charge in [-0.15, -0.1) is 0 Å². The maximum absolute atomic E-state index is 9.75. The number of ether oxygens (including phenoxy) is 2. The number of nitrogens with zero attached hydrogens (tertiary/aromatic N) is 1. The second-order valence-corrected chi connectivity index (χ2v) is 5.57. The molecule has 0 heterocycles. The molecule has 1 rings (SSSR count). The molecule has 21 heavy (non-hydrogen) atoms. The first kappa shape index (κ1) is 17.6. The highest BCUT2D eigenvalue weighted by Crippen LogP contribution is 2.25. The second kappa shape index (κ2) is 8.78. The second-order valence-electron chi connectivity index (χ2n) is 5.57. The lowest BCUT2D eigenvalue weighted by molar-refractivity contribution is 0.00229. The van der Waals surface area contributed by atoms with Crippen LogP contribution in [-0.4, -0.2) is 32.5 Å². The van der Waals surface area contributed by atoms with Crippen LogP contribution in [0.25, 0.3) is 0 Å². The number of hydrogen-bond donors (Lipinski definition) is 1. The summed E-state index contributed by atoms with van der Waals surface area (Å²) in [6.07, 6.45) is 0.626. The summed E-state index contributed by atoms with van der Waals surface area (Å²) in [7, 11) is 1.66. The maximum atomic E-state index is 9.75. The largest absolute Gasteiger partial charge is 0.382 e. The van der Waals surface area contributed by atoms with Gasteiger partial charge in [0.05, 0.1) is 25.4 Å². The molecule has 0 aliphatic carbocycles. The van der Waals surface area contributed by atoms with E-state index in [4.69, 9.17) is 9.47 Å². The van der Waals surface area contributed by atoms with Gasteiger partial charge in [-0.1, -0.05) is 30.3 Å². The highest BCUT2D eigenvalue weighted by molar-refractivity contribution is 5.31. The summed E-state index contributed by atoms with van der Waals surface area (Å²) in [5.41, 5.74) is 0.256. The normalized spacial score (nSPS) is 15.4. The zero-order valence-electron chi connectivity index (χ0n) is 13.4. The van der Waals surface area contributed by atoms with Crippen molar-refractivity contribution in [3.05, 3.63) is 35.9 Å². The van der Waals surface area contributed by atoms with Crippen LogP contribution in [0, 0.1) is 11.3 Å². The van der Waals surface area contributed by atoms with Gasteiger partial charge < -0.3 is 9.47 Å². The summed E-state index contributed by atoms with van der Waals surface area (Å²) < 4.78 is 10.8. The van der Waals surface area contributed by atoms with Crippen LogP contribution in [0.2, 0.25) is 0 Å². The van der Waals surface area contributed by atoms with Crippen molar-refractivity contribution in [1.82, 2.24) is 5.32 Å². The quantitative estimate of drug-likeness (QED) is 0.760. The molecule has 4 heteroatoms. The zero-order valence-corrected chi connectivity index (χ0v) is 13.4. The molecule has 0 saturated heterocycles. The molecule has 2 unspecified atom stereocenters. The van der Waals surface area contributed by atoms with Crippen LogP contribution >= 0.6 is 0 Å². The van der Waals surface area contributed by atoms with Crippen molar-refractivity contribution in [3.63, 3.8) is 0 Å². The van der Waals surface area contributed by atoms with Crippen molar-refractivity contribution in [3.8, 4) is 6.07 Å². The Hall–Kier alpha value is -1.41. The molecule has 0 spiro atoms. The Morgan fingerprint density at radius 2 is 1.90 bits per heavy atom. The smallest absolute Gasteiger partial charge is 0.134 e. The van der Waals surface area contributed by atoms with Crippen LogP contribution in [0.3, 0.4) is 0 Å². The lowest BCUT2D eigenvalue weighted by Gasteiger charge is -2.31. The van der Waals surface area contributed by atoms with E-state index in [0.29, 0.717) is 19.6 Å². The topological polar surface area (TPSA) is 54.3 Å². The SMILES string of the molecule is COCC(C)OCCC(C#N)(NC(C)C)c1ccccc1. The summed E-state index contributed by atoms with van der Waals surface area (Å²) in [5, 5.41) is 13.1. The van der Waals surface area contributed by atoms with E-state index in [1.165, 1.54) is 0 Å². The highest BCUT2D eigenvalue weighted by Gasteiger charge is 2.32. The molecular weight excluding hydrogens is 264 g/mol. The number of methoxy groups -OCH3 is 1. The monoisotopic (exact) mass is 290 g/mol. The molecular formula is C17H26N2O2. The maximum Gasteiger partial charge on any atom is 0.134 e. The molecule has 0 aliphatic heterocycles. The molecule has 1 aromatic rings. The predicted octanol–water partition coefficient (Wildman–Crippen LogP) is 2.85. The van der Waals surface area contributed by atoms with Gasteiger partial charge >= 0.3 is 0 Å². The van der Waals surface area contributed by atoms with E-state index in [0.717, 1.165) is 5.56 Å². The number of rotatable bonds is 9. The first-order valence-electron chi connectivity index (χ1n) is 7.39. The van der Waals surface area contributed by atoms with Gasteiger partial charge in [-0.05, 0) is 26.3 Å². The minimum Gasteiger partial charge on any atom is -0.382 e. The molecule has 4 nitrogen and oxygen atoms in total. The van der Waals surface area contributed by atoms with E-state index in [1.54, 1.807) is 7.11 Å². The van der Waals surface area contributed by atoms with Crippen LogP contribution in [0.1, 0.15) is 32.8 Å². The first-order chi connectivity index (χ1) is 10.0. The zero-order chi connectivity index (χ0) is 15.7. The van der Waals surface area contributed by atoms with E-state index >= 15 is 0 Å². The van der Waals surface area contributed by atoms with Crippen molar-refractivity contribution < 1.29 is 9.47 Å². The molecule has 0 saturated carbocycles. The van der Waals surface area contributed by atoms with Crippen molar-refractivity contribution >= 4 is 0 Å². The molecule has 2 atom stereocenters. The fraction of sp³-hybridized carbons (Fsp3) is 0.588. The van der Waals surface area contributed by atoms with E-state index in [-0.39, 0.29) is 12.1 Å². The lowest BCUT2D eigenvalue weighted by Crippen LogP contribution is -2.46. The van der Waals surface area contributed by atoms with Gasteiger partial charge in [0.15, 0.2) is 0 Å². The van der Waals surface area contributed by atoms with Crippen molar-refractivity contribution in [2.24, 2.45) is 0 Å². The molecule has 1 N–H and O–H groups in total. The third-order valence-corrected chi connectivity index (χ3v) is 3.27. The van der Waals surface area contributed by atoms with E-state index in [1.807, 2.05) is 51.1 Å². The predicted molar refractivity (Wildman–Crippen MR) is 83.9 cm³/mol. The third-order valence-electron chi connectivity index (χ3n) is 3.27. The molecule has 0 bridgehead atoms. The van der Waals surface area contributed by atoms with Crippen LogP contribution in [0.4, 0.5) is 0 Å². The van der Waals surface area contributed by atoms with E-state index < -0.39 is 5.54 Å². The Kier molecular flexibility index (Phi) is 7.38. The standard InChI is InChI=1S/C17H26N2O2/c1-14(2)19-17(13-18,16-8-6-5-7-9-16)10-11-21-15(3)12-20-4/h5-9,14-15,19H,10-12H2,1-4H3. The van der Waals surface area contributed by atoms with Gasteiger partial charge in [0.2, 0.25) is 0 Å². The lowest BCUT2D eigenvalue weighted by atomic mass is 9.87. The molecule has 0 radical (unpaired) electrons. The van der Waals surface area contributed by atoms with Crippen molar-refractivity contribution in [1.29, 1.82) is 5.26 Å². The summed E-state index contributed by atoms with van der Waals surface area (Å²) in [6, 6.07) is 12.5. The number of hydrogen-bond acceptors (Lipinski definition) is 4. The van der Waals surface area contributed by atoms with Crippen LogP contribution in [0.5, 0.6) is 0 Å². The minimum atomic E-state index is -0.720. The van der Waals surface area contributed by atoms with Gasteiger partial charge in [-0.3, -0.25) is 5.32 Å². The fourth-order valence-corrected chi connectivity index (χ4v) is 2.36. The van der Waals surface area contributed by atoms with Crippen molar-refractivity contribution in [2.75, 3.05) is 20.3 Å². The first-order valence-corrected chi connectivity index (χ1v) is 7.39. The molecule has 0 amide bonds. The van der Waals surface area contributed by atoms with Crippen LogP contribution in [-0.2, 0) is 15.0 Å². The third kappa shape index (κ3) is 5.47. The molecule has 1 aromatic carbocycles. The highest BCUT2D eigenvalue weighted by atomic mass is 16.5. The summed E-state index contributed by atoms with van der Waals surface area (Å²) in [4.78, 5) is 0. The Bertz CT molecular complexity index is 442. The Balaban J connectivity index is 2.80. The Morgan fingerprint density at radius 1 is 1.24 bits per heavy atom. The number of nitriles is 1. The number of benzene rings is 1. The van der Waals surface area contributed by atoms with Crippen molar-refractivity contribution in [2.45, 2.75) is 44.9 Å². The van der Waals surface area contributed by atoms with Gasteiger partial charge in [-0.2, -0.15) is 5.26 Å². The van der Waals surface area contributed by atoms with E-state index in [2.05, 4.69) is 11.4 Å². The molecule has 0 aliphatic rings. The van der Waals surface area contributed by atoms with Gasteiger partial charge in [0.1, 0.15) is 5.54 Å². The van der Waals surface area contributed by atoms with E-state index in [9.17, 15) is 5.26 Å². The molecule has 0 fully saturated rings. The molecule has 116 valence electrons. The van der Waals surface area contributed by atoms with Crippen LogP contribution < -0.4 is 5.32 Å². The fourth-order valence-electron chi connectivity index (χ4n) is 2.36. The molecule has 0 aromatic heterocycles. The summed E-state index contributed by atoms with van der Waals surface area (Å²) in [5.74, 6) is 0. The van der Waals surface area contributed by atoms with Gasteiger partial charge in [0.25, 0.3) is 0 Å². The Labute approximate surface area is 128 Å².